The van der Waals surface area contributed by atoms with Gasteiger partial charge in [-0.05, 0) is 11.4 Å². The number of hydrogen-bond donors (Lipinski definition) is 1. The molecule has 4 heteroatoms. The summed E-state index contributed by atoms with van der Waals surface area (Å²) in [6.45, 7) is 4.16. The van der Waals surface area contributed by atoms with Crippen LogP contribution in [0.25, 0.3) is 0 Å². The Bertz CT molecular complexity index is 322. The number of rotatable bonds is 3. The summed E-state index contributed by atoms with van der Waals surface area (Å²) in [7, 11) is 0. The Morgan fingerprint density at radius 1 is 1.53 bits per heavy atom. The van der Waals surface area contributed by atoms with Gasteiger partial charge in [-0.1, -0.05) is 6.07 Å². The summed E-state index contributed by atoms with van der Waals surface area (Å²) < 4.78 is 0. The van der Waals surface area contributed by atoms with E-state index in [9.17, 15) is 0 Å². The van der Waals surface area contributed by atoms with E-state index in [2.05, 4.69) is 33.8 Å². The Kier molecular flexibility index (Phi) is 3.73. The van der Waals surface area contributed by atoms with Crippen LogP contribution in [0.15, 0.2) is 17.5 Å². The lowest BCUT2D eigenvalue weighted by atomic mass is 10.1. The molecule has 1 fully saturated rings. The zero-order valence-corrected chi connectivity index (χ0v) is 9.46. The fourth-order valence-electron chi connectivity index (χ4n) is 1.97. The van der Waals surface area contributed by atoms with Crippen LogP contribution in [0, 0.1) is 11.3 Å². The first-order valence-electron chi connectivity index (χ1n) is 5.27. The van der Waals surface area contributed by atoms with Crippen LogP contribution >= 0.6 is 11.3 Å². The van der Waals surface area contributed by atoms with Gasteiger partial charge in [0.15, 0.2) is 0 Å². The Morgan fingerprint density at radius 2 is 2.33 bits per heavy atom. The Balaban J connectivity index is 2.08. The topological polar surface area (TPSA) is 39.1 Å². The van der Waals surface area contributed by atoms with E-state index in [4.69, 9.17) is 5.26 Å². The molecule has 1 N–H and O–H groups in total. The second kappa shape index (κ2) is 5.26. The minimum atomic E-state index is 0.303. The van der Waals surface area contributed by atoms with E-state index in [1.807, 2.05) is 0 Å². The van der Waals surface area contributed by atoms with Gasteiger partial charge in [0.1, 0.15) is 0 Å². The maximum atomic E-state index is 8.88. The van der Waals surface area contributed by atoms with Gasteiger partial charge in [-0.3, -0.25) is 4.90 Å². The van der Waals surface area contributed by atoms with Crippen molar-refractivity contribution in [2.24, 2.45) is 0 Å². The van der Waals surface area contributed by atoms with Crippen molar-refractivity contribution in [2.45, 2.75) is 12.5 Å². The quantitative estimate of drug-likeness (QED) is 0.843. The largest absolute Gasteiger partial charge is 0.314 e. The molecular formula is C11H15N3S. The molecule has 0 unspecified atom stereocenters. The molecular weight excluding hydrogens is 206 g/mol. The van der Waals surface area contributed by atoms with Crippen molar-refractivity contribution >= 4 is 11.3 Å². The number of piperazine rings is 1. The third-order valence-corrected chi connectivity index (χ3v) is 3.72. The molecule has 1 aliphatic rings. The highest BCUT2D eigenvalue weighted by Crippen LogP contribution is 2.27. The average molecular weight is 221 g/mol. The predicted octanol–water partition coefficient (Wildman–Crippen LogP) is 1.61. The first kappa shape index (κ1) is 10.6. The van der Waals surface area contributed by atoms with Crippen molar-refractivity contribution in [2.75, 3.05) is 26.2 Å². The number of thiophene rings is 1. The van der Waals surface area contributed by atoms with Crippen molar-refractivity contribution in [1.29, 1.82) is 5.26 Å². The van der Waals surface area contributed by atoms with Crippen LogP contribution in [0.1, 0.15) is 17.3 Å². The van der Waals surface area contributed by atoms with Gasteiger partial charge < -0.3 is 5.32 Å². The summed E-state index contributed by atoms with van der Waals surface area (Å²) in [5.74, 6) is 0. The lowest BCUT2D eigenvalue weighted by molar-refractivity contribution is 0.178. The van der Waals surface area contributed by atoms with E-state index in [0.717, 1.165) is 26.2 Å². The van der Waals surface area contributed by atoms with Crippen LogP contribution < -0.4 is 5.32 Å². The van der Waals surface area contributed by atoms with Crippen LogP contribution in [-0.4, -0.2) is 31.1 Å². The van der Waals surface area contributed by atoms with E-state index in [1.54, 1.807) is 11.3 Å². The molecule has 0 amide bonds. The lowest BCUT2D eigenvalue weighted by Gasteiger charge is -2.33. The molecule has 1 aromatic heterocycles. The molecule has 1 aliphatic heterocycles. The Labute approximate surface area is 94.3 Å². The molecule has 15 heavy (non-hydrogen) atoms. The molecule has 3 nitrogen and oxygen atoms in total. The van der Waals surface area contributed by atoms with Crippen LogP contribution in [0.4, 0.5) is 0 Å². The lowest BCUT2D eigenvalue weighted by Crippen LogP contribution is -2.44. The van der Waals surface area contributed by atoms with Crippen molar-refractivity contribution in [1.82, 2.24) is 10.2 Å². The third-order valence-electron chi connectivity index (χ3n) is 2.75. The summed E-state index contributed by atoms with van der Waals surface area (Å²) in [6, 6.07) is 6.80. The van der Waals surface area contributed by atoms with Gasteiger partial charge in [0, 0.05) is 31.1 Å². The number of nitrogens with zero attached hydrogens (tertiary/aromatic N) is 2. The highest BCUT2D eigenvalue weighted by atomic mass is 32.1. The molecule has 80 valence electrons. The predicted molar refractivity (Wildman–Crippen MR) is 61.7 cm³/mol. The van der Waals surface area contributed by atoms with Gasteiger partial charge in [-0.2, -0.15) is 5.26 Å². The molecule has 0 saturated carbocycles. The molecule has 0 aromatic carbocycles. The van der Waals surface area contributed by atoms with E-state index in [-0.39, 0.29) is 0 Å². The number of hydrogen-bond acceptors (Lipinski definition) is 4. The van der Waals surface area contributed by atoms with Crippen molar-refractivity contribution < 1.29 is 0 Å². The Hall–Kier alpha value is -0.890. The standard InChI is InChI=1S/C11H15N3S/c12-4-3-10(11-2-1-9-15-11)14-7-5-13-6-8-14/h1-2,9-10,13H,3,5-8H2/t10-/m1/s1. The first-order chi connectivity index (χ1) is 7.42. The molecule has 1 saturated heterocycles. The first-order valence-corrected chi connectivity index (χ1v) is 6.15. The third kappa shape index (κ3) is 2.57. The highest BCUT2D eigenvalue weighted by Gasteiger charge is 2.22. The fraction of sp³-hybridized carbons (Fsp3) is 0.545. The number of nitriles is 1. The van der Waals surface area contributed by atoms with Crippen LogP contribution in [-0.2, 0) is 0 Å². The van der Waals surface area contributed by atoms with E-state index in [1.165, 1.54) is 4.88 Å². The normalized spacial score (nSPS) is 19.7. The smallest absolute Gasteiger partial charge is 0.0642 e. The summed E-state index contributed by atoms with van der Waals surface area (Å²) >= 11 is 1.75. The SMILES string of the molecule is N#CC[C@H](c1cccs1)N1CCNCC1. The van der Waals surface area contributed by atoms with Crippen molar-refractivity contribution in [3.05, 3.63) is 22.4 Å². The zero-order chi connectivity index (χ0) is 10.5. The fourth-order valence-corrected chi connectivity index (χ4v) is 2.83. The summed E-state index contributed by atoms with van der Waals surface area (Å²) in [4.78, 5) is 3.73. The average Bonchev–Trinajstić information content (AvgIpc) is 2.80. The monoisotopic (exact) mass is 221 g/mol. The molecule has 1 atom stereocenters. The highest BCUT2D eigenvalue weighted by molar-refractivity contribution is 7.10. The van der Waals surface area contributed by atoms with Gasteiger partial charge in [0.25, 0.3) is 0 Å². The minimum absolute atomic E-state index is 0.303. The van der Waals surface area contributed by atoms with Crippen molar-refractivity contribution in [3.8, 4) is 6.07 Å². The van der Waals surface area contributed by atoms with E-state index >= 15 is 0 Å². The minimum Gasteiger partial charge on any atom is -0.314 e. The molecule has 2 rings (SSSR count). The molecule has 1 aromatic rings. The molecule has 0 aliphatic carbocycles. The molecule has 2 heterocycles. The van der Waals surface area contributed by atoms with Crippen LogP contribution in [0.3, 0.4) is 0 Å². The zero-order valence-electron chi connectivity index (χ0n) is 8.65. The van der Waals surface area contributed by atoms with Gasteiger partial charge >= 0.3 is 0 Å². The van der Waals surface area contributed by atoms with Crippen LogP contribution in [0.5, 0.6) is 0 Å². The molecule has 0 spiro atoms. The second-order valence-corrected chi connectivity index (χ2v) is 4.66. The summed E-state index contributed by atoms with van der Waals surface area (Å²) in [5, 5.41) is 14.3. The second-order valence-electron chi connectivity index (χ2n) is 3.68. The maximum Gasteiger partial charge on any atom is 0.0642 e. The molecule has 0 radical (unpaired) electrons. The van der Waals surface area contributed by atoms with Gasteiger partial charge in [-0.25, -0.2) is 0 Å². The van der Waals surface area contributed by atoms with Crippen LogP contribution in [0.2, 0.25) is 0 Å². The Morgan fingerprint density at radius 3 is 2.93 bits per heavy atom. The maximum absolute atomic E-state index is 8.88. The molecule has 0 bridgehead atoms. The van der Waals surface area contributed by atoms with Gasteiger partial charge in [0.05, 0.1) is 18.5 Å². The summed E-state index contributed by atoms with van der Waals surface area (Å²) in [5.41, 5.74) is 0. The summed E-state index contributed by atoms with van der Waals surface area (Å²) in [6.07, 6.45) is 0.598. The van der Waals surface area contributed by atoms with E-state index in [0.29, 0.717) is 12.5 Å². The van der Waals surface area contributed by atoms with Gasteiger partial charge in [0.2, 0.25) is 0 Å². The van der Waals surface area contributed by atoms with E-state index < -0.39 is 0 Å². The van der Waals surface area contributed by atoms with Gasteiger partial charge in [-0.15, -0.1) is 11.3 Å². The number of nitrogens with one attached hydrogen (secondary N) is 1. The van der Waals surface area contributed by atoms with Crippen molar-refractivity contribution in [3.63, 3.8) is 0 Å².